The molecule has 1 fully saturated rings. The molecular weight excluding hydrogens is 236 g/mol. The number of likely N-dealkylation sites (N-methyl/N-ethyl adjacent to an activating group) is 1. The molecule has 1 saturated heterocycles. The van der Waals surface area contributed by atoms with Gasteiger partial charge in [-0.3, -0.25) is 9.88 Å². The highest BCUT2D eigenvalue weighted by atomic mass is 35.5. The van der Waals surface area contributed by atoms with Crippen molar-refractivity contribution in [3.63, 3.8) is 0 Å². The molecule has 0 amide bonds. The summed E-state index contributed by atoms with van der Waals surface area (Å²) in [7, 11) is 2.20. The standard InChI is InChI=1S/C12H19ClN4/c1-3-11-9-17(5-4-16(11)2)8-10-6-15-12(13)7-14-10/h6-7,11H,3-5,8-9H2,1-2H3. The van der Waals surface area contributed by atoms with E-state index in [0.29, 0.717) is 11.2 Å². The first-order valence-corrected chi connectivity index (χ1v) is 6.46. The molecular formula is C12H19ClN4. The van der Waals surface area contributed by atoms with E-state index in [1.807, 2.05) is 0 Å². The lowest BCUT2D eigenvalue weighted by molar-refractivity contribution is 0.0874. The second-order valence-corrected chi connectivity index (χ2v) is 5.00. The molecule has 4 nitrogen and oxygen atoms in total. The first-order chi connectivity index (χ1) is 8.19. The van der Waals surface area contributed by atoms with Gasteiger partial charge in [-0.15, -0.1) is 0 Å². The average Bonchev–Trinajstić information content (AvgIpc) is 2.34. The quantitative estimate of drug-likeness (QED) is 0.821. The average molecular weight is 255 g/mol. The van der Waals surface area contributed by atoms with E-state index in [1.54, 1.807) is 12.4 Å². The molecule has 94 valence electrons. The third-order valence-corrected chi connectivity index (χ3v) is 3.59. The fourth-order valence-electron chi connectivity index (χ4n) is 2.24. The second kappa shape index (κ2) is 5.76. The first kappa shape index (κ1) is 12.7. The van der Waals surface area contributed by atoms with Crippen LogP contribution >= 0.6 is 11.6 Å². The molecule has 0 spiro atoms. The fourth-order valence-corrected chi connectivity index (χ4v) is 2.34. The number of halogens is 1. The van der Waals surface area contributed by atoms with Crippen LogP contribution in [0.1, 0.15) is 19.0 Å². The summed E-state index contributed by atoms with van der Waals surface area (Å²) in [6, 6.07) is 0.656. The van der Waals surface area contributed by atoms with E-state index in [1.165, 1.54) is 6.42 Å². The van der Waals surface area contributed by atoms with Gasteiger partial charge < -0.3 is 4.90 Å². The van der Waals surface area contributed by atoms with Crippen molar-refractivity contribution in [2.24, 2.45) is 0 Å². The summed E-state index contributed by atoms with van der Waals surface area (Å²) in [6.45, 7) is 6.44. The molecule has 5 heteroatoms. The van der Waals surface area contributed by atoms with E-state index in [4.69, 9.17) is 11.6 Å². The molecule has 0 bridgehead atoms. The number of nitrogens with zero attached hydrogens (tertiary/aromatic N) is 4. The highest BCUT2D eigenvalue weighted by molar-refractivity contribution is 6.29. The van der Waals surface area contributed by atoms with Gasteiger partial charge in [-0.05, 0) is 13.5 Å². The lowest BCUT2D eigenvalue weighted by atomic mass is 10.1. The minimum atomic E-state index is 0.457. The number of rotatable bonds is 3. The molecule has 2 heterocycles. The molecule has 1 aromatic rings. The maximum Gasteiger partial charge on any atom is 0.147 e. The highest BCUT2D eigenvalue weighted by Crippen LogP contribution is 2.13. The molecule has 1 aromatic heterocycles. The van der Waals surface area contributed by atoms with Gasteiger partial charge in [0.25, 0.3) is 0 Å². The molecule has 1 atom stereocenters. The summed E-state index contributed by atoms with van der Waals surface area (Å²) in [6.07, 6.45) is 4.57. The lowest BCUT2D eigenvalue weighted by Gasteiger charge is -2.38. The van der Waals surface area contributed by atoms with Gasteiger partial charge in [0.2, 0.25) is 0 Å². The smallest absolute Gasteiger partial charge is 0.147 e. The summed E-state index contributed by atoms with van der Waals surface area (Å²) in [5, 5.41) is 0.457. The van der Waals surface area contributed by atoms with E-state index < -0.39 is 0 Å². The second-order valence-electron chi connectivity index (χ2n) is 4.61. The van der Waals surface area contributed by atoms with Gasteiger partial charge in [0.15, 0.2) is 0 Å². The van der Waals surface area contributed by atoms with Crippen LogP contribution in [0.4, 0.5) is 0 Å². The Morgan fingerprint density at radius 1 is 1.35 bits per heavy atom. The van der Waals surface area contributed by atoms with Crippen molar-refractivity contribution in [3.05, 3.63) is 23.2 Å². The Balaban J connectivity index is 1.93. The van der Waals surface area contributed by atoms with E-state index in [2.05, 4.69) is 33.7 Å². The molecule has 0 aliphatic carbocycles. The van der Waals surface area contributed by atoms with Crippen molar-refractivity contribution >= 4 is 11.6 Å². The minimum absolute atomic E-state index is 0.457. The molecule has 17 heavy (non-hydrogen) atoms. The Labute approximate surface area is 108 Å². The van der Waals surface area contributed by atoms with Gasteiger partial charge >= 0.3 is 0 Å². The van der Waals surface area contributed by atoms with Gasteiger partial charge in [0.05, 0.1) is 18.1 Å². The Bertz CT molecular complexity index is 354. The number of hydrogen-bond donors (Lipinski definition) is 0. The Hall–Kier alpha value is -0.710. The zero-order chi connectivity index (χ0) is 12.3. The number of aromatic nitrogens is 2. The van der Waals surface area contributed by atoms with E-state index in [0.717, 1.165) is 31.9 Å². The Morgan fingerprint density at radius 2 is 2.18 bits per heavy atom. The lowest BCUT2D eigenvalue weighted by Crippen LogP contribution is -2.50. The summed E-state index contributed by atoms with van der Waals surface area (Å²) >= 11 is 5.73. The van der Waals surface area contributed by atoms with Gasteiger partial charge in [0, 0.05) is 32.2 Å². The van der Waals surface area contributed by atoms with E-state index >= 15 is 0 Å². The number of piperazine rings is 1. The summed E-state index contributed by atoms with van der Waals surface area (Å²) < 4.78 is 0. The molecule has 0 N–H and O–H groups in total. The predicted molar refractivity (Wildman–Crippen MR) is 69.0 cm³/mol. The van der Waals surface area contributed by atoms with Gasteiger partial charge in [-0.1, -0.05) is 18.5 Å². The molecule has 0 saturated carbocycles. The van der Waals surface area contributed by atoms with Crippen LogP contribution in [0.25, 0.3) is 0 Å². The fraction of sp³-hybridized carbons (Fsp3) is 0.667. The minimum Gasteiger partial charge on any atom is -0.301 e. The van der Waals surface area contributed by atoms with Crippen molar-refractivity contribution in [1.82, 2.24) is 19.8 Å². The predicted octanol–water partition coefficient (Wildman–Crippen LogP) is 1.66. The van der Waals surface area contributed by atoms with Crippen LogP contribution in [0.3, 0.4) is 0 Å². The van der Waals surface area contributed by atoms with Crippen molar-refractivity contribution in [1.29, 1.82) is 0 Å². The van der Waals surface area contributed by atoms with Crippen LogP contribution < -0.4 is 0 Å². The summed E-state index contributed by atoms with van der Waals surface area (Å²) in [5.74, 6) is 0. The van der Waals surface area contributed by atoms with Crippen LogP contribution in [0.15, 0.2) is 12.4 Å². The van der Waals surface area contributed by atoms with Crippen LogP contribution in [-0.4, -0.2) is 52.5 Å². The Morgan fingerprint density at radius 3 is 2.82 bits per heavy atom. The normalized spacial score (nSPS) is 22.9. The van der Waals surface area contributed by atoms with Crippen molar-refractivity contribution < 1.29 is 0 Å². The van der Waals surface area contributed by atoms with Crippen LogP contribution in [0.2, 0.25) is 5.15 Å². The van der Waals surface area contributed by atoms with Crippen molar-refractivity contribution in [2.45, 2.75) is 25.9 Å². The van der Waals surface area contributed by atoms with Gasteiger partial charge in [0.1, 0.15) is 5.15 Å². The number of hydrogen-bond acceptors (Lipinski definition) is 4. The van der Waals surface area contributed by atoms with Crippen molar-refractivity contribution in [2.75, 3.05) is 26.7 Å². The molecule has 2 rings (SSSR count). The van der Waals surface area contributed by atoms with Crippen molar-refractivity contribution in [3.8, 4) is 0 Å². The van der Waals surface area contributed by atoms with Gasteiger partial charge in [-0.2, -0.15) is 0 Å². The molecule has 1 unspecified atom stereocenters. The zero-order valence-electron chi connectivity index (χ0n) is 10.4. The van der Waals surface area contributed by atoms with Gasteiger partial charge in [-0.25, -0.2) is 4.98 Å². The molecule has 1 aliphatic rings. The monoisotopic (exact) mass is 254 g/mol. The topological polar surface area (TPSA) is 32.3 Å². The van der Waals surface area contributed by atoms with Crippen LogP contribution in [0.5, 0.6) is 0 Å². The third kappa shape index (κ3) is 3.37. The van der Waals surface area contributed by atoms with E-state index in [9.17, 15) is 0 Å². The maximum atomic E-state index is 5.73. The van der Waals surface area contributed by atoms with E-state index in [-0.39, 0.29) is 0 Å². The molecule has 0 aromatic carbocycles. The SMILES string of the molecule is CCC1CN(Cc2cnc(Cl)cn2)CCN1C. The third-order valence-electron chi connectivity index (χ3n) is 3.39. The molecule has 1 aliphatic heterocycles. The zero-order valence-corrected chi connectivity index (χ0v) is 11.2. The molecule has 0 radical (unpaired) electrons. The van der Waals surface area contributed by atoms with Crippen LogP contribution in [0, 0.1) is 0 Å². The summed E-state index contributed by atoms with van der Waals surface area (Å²) in [4.78, 5) is 13.2. The summed E-state index contributed by atoms with van der Waals surface area (Å²) in [5.41, 5.74) is 0.994. The largest absolute Gasteiger partial charge is 0.301 e. The maximum absolute atomic E-state index is 5.73. The highest BCUT2D eigenvalue weighted by Gasteiger charge is 2.22. The first-order valence-electron chi connectivity index (χ1n) is 6.08. The van der Waals surface area contributed by atoms with Crippen LogP contribution in [-0.2, 0) is 6.54 Å². The Kier molecular flexibility index (Phi) is 4.31.